The van der Waals surface area contributed by atoms with Gasteiger partial charge < -0.3 is 49.1 Å². The van der Waals surface area contributed by atoms with E-state index in [1.54, 1.807) is 20.8 Å². The number of aliphatic hydroxyl groups is 3. The van der Waals surface area contributed by atoms with Gasteiger partial charge in [0.05, 0.1) is 52.9 Å². The quantitative estimate of drug-likeness (QED) is 0.105. The first-order chi connectivity index (χ1) is 15.7. The van der Waals surface area contributed by atoms with Crippen LogP contribution in [0.5, 0.6) is 0 Å². The van der Waals surface area contributed by atoms with Gasteiger partial charge >= 0.3 is 6.09 Å². The second kappa shape index (κ2) is 16.0. The number of nitrogens with zero attached hydrogens (tertiary/aromatic N) is 3. The first kappa shape index (κ1) is 29.3. The van der Waals surface area contributed by atoms with Crippen LogP contribution in [0.15, 0.2) is 5.11 Å². The number of carbonyl (C=O) groups is 1. The van der Waals surface area contributed by atoms with Crippen LogP contribution in [0, 0.1) is 0 Å². The van der Waals surface area contributed by atoms with E-state index in [9.17, 15) is 20.1 Å². The fourth-order valence-electron chi connectivity index (χ4n) is 2.74. The van der Waals surface area contributed by atoms with E-state index in [0.29, 0.717) is 33.0 Å². The smallest absolute Gasteiger partial charge is 0.408 e. The summed E-state index contributed by atoms with van der Waals surface area (Å²) in [6.07, 6.45) is -5.91. The zero-order chi connectivity index (χ0) is 24.7. The van der Waals surface area contributed by atoms with Crippen molar-refractivity contribution < 1.29 is 48.5 Å². The normalized spacial score (nSPS) is 25.3. The molecule has 1 aliphatic rings. The molecule has 1 saturated heterocycles. The average Bonchev–Trinajstić information content (AvgIpc) is 2.74. The minimum atomic E-state index is -1.45. The van der Waals surface area contributed by atoms with E-state index in [4.69, 9.17) is 34.0 Å². The summed E-state index contributed by atoms with van der Waals surface area (Å²) in [6, 6.07) is -1.13. The van der Waals surface area contributed by atoms with Gasteiger partial charge in [-0.05, 0) is 26.3 Å². The van der Waals surface area contributed by atoms with Crippen molar-refractivity contribution >= 4 is 6.09 Å². The van der Waals surface area contributed by atoms with Crippen LogP contribution in [0.3, 0.4) is 0 Å². The standard InChI is InChI=1S/C19H36N4O10/c1-19(2,3)33-18(27)22-14-16(26)15(25)13(12-24)32-17(14)31-11-10-30-9-8-29-7-6-28-5-4-21-23-20/h13-17,24-26H,4-12H2,1-3H3,(H,22,27)/t13-,14-,15+,16-,17-/m1/s1. The Kier molecular flexibility index (Phi) is 14.2. The zero-order valence-electron chi connectivity index (χ0n) is 19.3. The second-order valence-electron chi connectivity index (χ2n) is 8.04. The number of nitrogens with one attached hydrogen (secondary N) is 1. The number of hydrogen-bond donors (Lipinski definition) is 4. The Labute approximate surface area is 192 Å². The fraction of sp³-hybridized carbons (Fsp3) is 0.947. The Morgan fingerprint density at radius 2 is 1.61 bits per heavy atom. The number of azide groups is 1. The van der Waals surface area contributed by atoms with E-state index in [0.717, 1.165) is 0 Å². The van der Waals surface area contributed by atoms with Crippen LogP contribution in [0.4, 0.5) is 4.79 Å². The van der Waals surface area contributed by atoms with Gasteiger partial charge in [-0.1, -0.05) is 5.11 Å². The van der Waals surface area contributed by atoms with E-state index in [1.165, 1.54) is 0 Å². The Hall–Kier alpha value is -1.74. The summed E-state index contributed by atoms with van der Waals surface area (Å²) in [5.74, 6) is 0. The van der Waals surface area contributed by atoms with Crippen LogP contribution in [0.25, 0.3) is 10.4 Å². The number of rotatable bonds is 15. The summed E-state index contributed by atoms with van der Waals surface area (Å²) in [6.45, 7) is 6.72. The molecule has 1 rings (SSSR count). The minimum Gasteiger partial charge on any atom is -0.444 e. The van der Waals surface area contributed by atoms with E-state index in [-0.39, 0.29) is 19.8 Å². The van der Waals surface area contributed by atoms with Gasteiger partial charge in [-0.15, -0.1) is 0 Å². The zero-order valence-corrected chi connectivity index (χ0v) is 19.3. The molecule has 0 aliphatic carbocycles. The molecule has 0 unspecified atom stereocenters. The average molecular weight is 481 g/mol. The molecular formula is C19H36N4O10. The van der Waals surface area contributed by atoms with Crippen LogP contribution in [-0.4, -0.2) is 117 Å². The number of carbonyl (C=O) groups excluding carboxylic acids is 1. The lowest BCUT2D eigenvalue weighted by atomic mass is 9.97. The highest BCUT2D eigenvalue weighted by Crippen LogP contribution is 2.22. The maximum absolute atomic E-state index is 12.1. The van der Waals surface area contributed by atoms with Gasteiger partial charge in [-0.25, -0.2) is 4.79 Å². The third kappa shape index (κ3) is 12.3. The van der Waals surface area contributed by atoms with Crippen molar-refractivity contribution in [1.82, 2.24) is 5.32 Å². The molecule has 1 amide bonds. The Bertz CT molecular complexity index is 600. The third-order valence-corrected chi connectivity index (χ3v) is 4.22. The highest BCUT2D eigenvalue weighted by atomic mass is 16.7. The third-order valence-electron chi connectivity index (χ3n) is 4.22. The maximum atomic E-state index is 12.1. The summed E-state index contributed by atoms with van der Waals surface area (Å²) >= 11 is 0. The van der Waals surface area contributed by atoms with Crippen molar-refractivity contribution in [3.8, 4) is 0 Å². The molecular weight excluding hydrogens is 444 g/mol. The summed E-state index contributed by atoms with van der Waals surface area (Å²) in [4.78, 5) is 14.7. The number of alkyl carbamates (subject to hydrolysis) is 1. The largest absolute Gasteiger partial charge is 0.444 e. The van der Waals surface area contributed by atoms with Crippen molar-refractivity contribution in [1.29, 1.82) is 0 Å². The van der Waals surface area contributed by atoms with Crippen molar-refractivity contribution in [3.63, 3.8) is 0 Å². The van der Waals surface area contributed by atoms with E-state index in [1.807, 2.05) is 0 Å². The van der Waals surface area contributed by atoms with E-state index < -0.39 is 48.9 Å². The molecule has 1 aliphatic heterocycles. The molecule has 14 heteroatoms. The second-order valence-corrected chi connectivity index (χ2v) is 8.04. The fourth-order valence-corrected chi connectivity index (χ4v) is 2.74. The highest BCUT2D eigenvalue weighted by Gasteiger charge is 2.46. The molecule has 4 N–H and O–H groups in total. The SMILES string of the molecule is CC(C)(C)OC(=O)N[C@H]1[C@H](OCCOCCOCCOCCN=[N+]=[N-])O[C@H](CO)[C@H](O)[C@@H]1O. The molecule has 0 radical (unpaired) electrons. The highest BCUT2D eigenvalue weighted by molar-refractivity contribution is 5.68. The molecule has 0 aromatic carbocycles. The van der Waals surface area contributed by atoms with E-state index in [2.05, 4.69) is 15.3 Å². The van der Waals surface area contributed by atoms with E-state index >= 15 is 0 Å². The first-order valence-corrected chi connectivity index (χ1v) is 10.7. The van der Waals surface area contributed by atoms with Crippen molar-refractivity contribution in [2.45, 2.75) is 57.0 Å². The number of ether oxygens (including phenoxy) is 6. The number of hydrogen-bond acceptors (Lipinski definition) is 11. The molecule has 192 valence electrons. The lowest BCUT2D eigenvalue weighted by molar-refractivity contribution is -0.271. The number of amides is 1. The van der Waals surface area contributed by atoms with Crippen molar-refractivity contribution in [2.24, 2.45) is 5.11 Å². The van der Waals surface area contributed by atoms with Gasteiger partial charge in [0.25, 0.3) is 0 Å². The maximum Gasteiger partial charge on any atom is 0.408 e. The van der Waals surface area contributed by atoms with Crippen LogP contribution in [-0.2, 0) is 28.4 Å². The van der Waals surface area contributed by atoms with Gasteiger partial charge in [0.2, 0.25) is 0 Å². The van der Waals surface area contributed by atoms with Crippen molar-refractivity contribution in [3.05, 3.63) is 10.4 Å². The Balaban J connectivity index is 2.33. The van der Waals surface area contributed by atoms with Crippen LogP contribution >= 0.6 is 0 Å². The van der Waals surface area contributed by atoms with Crippen molar-refractivity contribution in [2.75, 3.05) is 59.4 Å². The minimum absolute atomic E-state index is 0.0562. The van der Waals surface area contributed by atoms with Crippen LogP contribution in [0.2, 0.25) is 0 Å². The molecule has 1 heterocycles. The molecule has 0 saturated carbocycles. The Morgan fingerprint density at radius 1 is 1.03 bits per heavy atom. The van der Waals surface area contributed by atoms with Gasteiger partial charge in [0.1, 0.15) is 30.0 Å². The van der Waals surface area contributed by atoms with Gasteiger partial charge in [-0.2, -0.15) is 0 Å². The van der Waals surface area contributed by atoms with Gasteiger partial charge in [0, 0.05) is 11.5 Å². The molecule has 33 heavy (non-hydrogen) atoms. The summed E-state index contributed by atoms with van der Waals surface area (Å²) in [5, 5.41) is 35.7. The summed E-state index contributed by atoms with van der Waals surface area (Å²) in [7, 11) is 0. The predicted octanol–water partition coefficient (Wildman–Crippen LogP) is -0.305. The molecule has 0 spiro atoms. The molecule has 5 atom stereocenters. The predicted molar refractivity (Wildman–Crippen MR) is 113 cm³/mol. The van der Waals surface area contributed by atoms with Crippen LogP contribution < -0.4 is 5.32 Å². The summed E-state index contributed by atoms with van der Waals surface area (Å²) < 4.78 is 32.2. The van der Waals surface area contributed by atoms with Gasteiger partial charge in [-0.3, -0.25) is 0 Å². The molecule has 0 aromatic heterocycles. The monoisotopic (exact) mass is 480 g/mol. The lowest BCUT2D eigenvalue weighted by Crippen LogP contribution is -2.65. The molecule has 0 bridgehead atoms. The molecule has 14 nitrogen and oxygen atoms in total. The van der Waals surface area contributed by atoms with Gasteiger partial charge in [0.15, 0.2) is 6.29 Å². The lowest BCUT2D eigenvalue weighted by Gasteiger charge is -2.42. The van der Waals surface area contributed by atoms with Crippen LogP contribution in [0.1, 0.15) is 20.8 Å². The molecule has 0 aromatic rings. The molecule has 1 fully saturated rings. The topological polar surface area (TPSA) is 194 Å². The number of aliphatic hydroxyl groups excluding tert-OH is 3. The Morgan fingerprint density at radius 3 is 2.15 bits per heavy atom. The summed E-state index contributed by atoms with van der Waals surface area (Å²) in [5.41, 5.74) is 7.36. The first-order valence-electron chi connectivity index (χ1n) is 10.7.